The van der Waals surface area contributed by atoms with Gasteiger partial charge in [-0.1, -0.05) is 0 Å². The summed E-state index contributed by atoms with van der Waals surface area (Å²) in [5.41, 5.74) is 1.52. The normalized spacial score (nSPS) is 12.2. The number of imidazole rings is 1. The number of nitrogens with zero attached hydrogens (tertiary/aromatic N) is 1. The van der Waals surface area contributed by atoms with E-state index >= 15 is 0 Å². The van der Waals surface area contributed by atoms with Crippen LogP contribution in [0.25, 0.3) is 11.0 Å². The molecule has 0 unspecified atom stereocenters. The number of hydrogen-bond acceptors (Lipinski definition) is 3. The predicted octanol–water partition coefficient (Wildman–Crippen LogP) is 1.72. The Hall–Kier alpha value is -1.55. The second-order valence-corrected chi connectivity index (χ2v) is 4.16. The molecule has 15 heavy (non-hydrogen) atoms. The minimum Gasteiger partial charge on any atom is -0.508 e. The molecular formula is C11H15N3O. The van der Waals surface area contributed by atoms with Crippen molar-refractivity contribution in [1.82, 2.24) is 15.3 Å². The van der Waals surface area contributed by atoms with Crippen LogP contribution in [0.5, 0.6) is 5.75 Å². The van der Waals surface area contributed by atoms with Gasteiger partial charge in [0.2, 0.25) is 0 Å². The molecule has 0 aliphatic heterocycles. The third kappa shape index (κ3) is 1.68. The number of benzene rings is 1. The van der Waals surface area contributed by atoms with E-state index in [0.717, 1.165) is 16.9 Å². The van der Waals surface area contributed by atoms with Crippen molar-refractivity contribution in [2.45, 2.75) is 19.4 Å². The minimum atomic E-state index is -0.200. The molecule has 0 atom stereocenters. The van der Waals surface area contributed by atoms with Gasteiger partial charge in [0.15, 0.2) is 0 Å². The van der Waals surface area contributed by atoms with Crippen LogP contribution in [0.4, 0.5) is 0 Å². The third-order valence-corrected chi connectivity index (χ3v) is 2.68. The summed E-state index contributed by atoms with van der Waals surface area (Å²) in [6.45, 7) is 4.09. The van der Waals surface area contributed by atoms with Gasteiger partial charge in [0.05, 0.1) is 16.6 Å². The Kier molecular flexibility index (Phi) is 2.16. The number of H-pyrrole nitrogens is 1. The maximum absolute atomic E-state index is 9.34. The Labute approximate surface area is 88.3 Å². The minimum absolute atomic E-state index is 0.200. The molecular weight excluding hydrogens is 190 g/mol. The number of hydrogen-bond donors (Lipinski definition) is 3. The van der Waals surface area contributed by atoms with E-state index in [1.54, 1.807) is 18.2 Å². The van der Waals surface area contributed by atoms with Gasteiger partial charge in [-0.2, -0.15) is 0 Å². The van der Waals surface area contributed by atoms with E-state index in [9.17, 15) is 5.11 Å². The SMILES string of the molecule is CNC(C)(C)c1nc2ccc(O)cc2[nH]1. The summed E-state index contributed by atoms with van der Waals surface area (Å²) in [5, 5.41) is 12.5. The Balaban J connectivity index is 2.56. The molecule has 1 aromatic heterocycles. The van der Waals surface area contributed by atoms with Crippen LogP contribution in [0.15, 0.2) is 18.2 Å². The molecule has 2 aromatic rings. The zero-order chi connectivity index (χ0) is 11.1. The number of aromatic hydroxyl groups is 1. The molecule has 0 aliphatic rings. The van der Waals surface area contributed by atoms with E-state index in [4.69, 9.17) is 0 Å². The molecule has 2 rings (SSSR count). The van der Waals surface area contributed by atoms with Gasteiger partial charge >= 0.3 is 0 Å². The Morgan fingerprint density at radius 3 is 2.80 bits per heavy atom. The topological polar surface area (TPSA) is 60.9 Å². The lowest BCUT2D eigenvalue weighted by Crippen LogP contribution is -2.34. The average molecular weight is 205 g/mol. The summed E-state index contributed by atoms with van der Waals surface area (Å²) in [7, 11) is 1.89. The standard InChI is InChI=1S/C11H15N3O/c1-11(2,12-3)10-13-8-5-4-7(15)6-9(8)14-10/h4-6,12,15H,1-3H3,(H,13,14). The molecule has 0 bridgehead atoms. The average Bonchev–Trinajstić information content (AvgIpc) is 2.61. The van der Waals surface area contributed by atoms with E-state index in [-0.39, 0.29) is 11.3 Å². The van der Waals surface area contributed by atoms with Gasteiger partial charge in [0, 0.05) is 6.07 Å². The van der Waals surface area contributed by atoms with Crippen LogP contribution in [0.3, 0.4) is 0 Å². The lowest BCUT2D eigenvalue weighted by atomic mass is 10.1. The first kappa shape index (κ1) is 9.98. The summed E-state index contributed by atoms with van der Waals surface area (Å²) < 4.78 is 0. The molecule has 80 valence electrons. The van der Waals surface area contributed by atoms with Crippen LogP contribution in [0, 0.1) is 0 Å². The summed E-state index contributed by atoms with van der Waals surface area (Å²) in [5.74, 6) is 1.12. The van der Waals surface area contributed by atoms with E-state index in [1.807, 2.05) is 20.9 Å². The third-order valence-electron chi connectivity index (χ3n) is 2.68. The summed E-state index contributed by atoms with van der Waals surface area (Å²) >= 11 is 0. The highest BCUT2D eigenvalue weighted by Crippen LogP contribution is 2.22. The molecule has 0 radical (unpaired) electrons. The molecule has 0 aliphatic carbocycles. The first-order valence-electron chi connectivity index (χ1n) is 4.91. The molecule has 4 heteroatoms. The second-order valence-electron chi connectivity index (χ2n) is 4.16. The molecule has 0 saturated heterocycles. The quantitative estimate of drug-likeness (QED) is 0.699. The van der Waals surface area contributed by atoms with Gasteiger partial charge in [0.1, 0.15) is 11.6 Å². The smallest absolute Gasteiger partial charge is 0.127 e. The van der Waals surface area contributed by atoms with Crippen molar-refractivity contribution >= 4 is 11.0 Å². The molecule has 0 fully saturated rings. The monoisotopic (exact) mass is 205 g/mol. The van der Waals surface area contributed by atoms with E-state index in [2.05, 4.69) is 15.3 Å². The number of rotatable bonds is 2. The largest absolute Gasteiger partial charge is 0.508 e. The Morgan fingerprint density at radius 2 is 2.13 bits per heavy atom. The Bertz CT molecular complexity index is 488. The zero-order valence-corrected chi connectivity index (χ0v) is 9.13. The summed E-state index contributed by atoms with van der Waals surface area (Å²) in [6, 6.07) is 5.12. The van der Waals surface area contributed by atoms with Gasteiger partial charge in [-0.15, -0.1) is 0 Å². The van der Waals surface area contributed by atoms with Crippen molar-refractivity contribution in [2.24, 2.45) is 0 Å². The molecule has 4 nitrogen and oxygen atoms in total. The van der Waals surface area contributed by atoms with Crippen molar-refractivity contribution in [2.75, 3.05) is 7.05 Å². The number of phenols is 1. The van der Waals surface area contributed by atoms with Gasteiger partial charge in [-0.25, -0.2) is 4.98 Å². The van der Waals surface area contributed by atoms with Crippen LogP contribution < -0.4 is 5.32 Å². The number of phenolic OH excluding ortho intramolecular Hbond substituents is 1. The van der Waals surface area contributed by atoms with Gasteiger partial charge in [-0.05, 0) is 33.0 Å². The molecule has 0 amide bonds. The van der Waals surface area contributed by atoms with E-state index < -0.39 is 0 Å². The van der Waals surface area contributed by atoms with Crippen LogP contribution in [0.1, 0.15) is 19.7 Å². The maximum atomic E-state index is 9.34. The fourth-order valence-corrected chi connectivity index (χ4v) is 1.41. The van der Waals surface area contributed by atoms with Crippen molar-refractivity contribution in [3.8, 4) is 5.75 Å². The second kappa shape index (κ2) is 3.24. The number of aromatic nitrogens is 2. The number of fused-ring (bicyclic) bond motifs is 1. The highest BCUT2D eigenvalue weighted by atomic mass is 16.3. The molecule has 1 aromatic carbocycles. The van der Waals surface area contributed by atoms with Gasteiger partial charge < -0.3 is 15.4 Å². The highest BCUT2D eigenvalue weighted by molar-refractivity contribution is 5.76. The summed E-state index contributed by atoms with van der Waals surface area (Å²) in [6.07, 6.45) is 0. The van der Waals surface area contributed by atoms with Gasteiger partial charge in [-0.3, -0.25) is 0 Å². The molecule has 3 N–H and O–H groups in total. The fraction of sp³-hybridized carbons (Fsp3) is 0.364. The lowest BCUT2D eigenvalue weighted by Gasteiger charge is -2.20. The molecule has 0 spiro atoms. The van der Waals surface area contributed by atoms with Crippen molar-refractivity contribution in [3.05, 3.63) is 24.0 Å². The fourth-order valence-electron chi connectivity index (χ4n) is 1.41. The first-order chi connectivity index (χ1) is 7.03. The van der Waals surface area contributed by atoms with Crippen molar-refractivity contribution < 1.29 is 5.11 Å². The van der Waals surface area contributed by atoms with Crippen LogP contribution >= 0.6 is 0 Å². The first-order valence-corrected chi connectivity index (χ1v) is 4.91. The lowest BCUT2D eigenvalue weighted by molar-refractivity contribution is 0.422. The molecule has 1 heterocycles. The van der Waals surface area contributed by atoms with Crippen LogP contribution in [0.2, 0.25) is 0 Å². The van der Waals surface area contributed by atoms with E-state index in [0.29, 0.717) is 0 Å². The van der Waals surface area contributed by atoms with Crippen molar-refractivity contribution in [1.29, 1.82) is 0 Å². The van der Waals surface area contributed by atoms with Crippen LogP contribution in [-0.4, -0.2) is 22.1 Å². The summed E-state index contributed by atoms with van der Waals surface area (Å²) in [4.78, 5) is 7.66. The highest BCUT2D eigenvalue weighted by Gasteiger charge is 2.21. The van der Waals surface area contributed by atoms with Gasteiger partial charge in [0.25, 0.3) is 0 Å². The van der Waals surface area contributed by atoms with Crippen molar-refractivity contribution in [3.63, 3.8) is 0 Å². The zero-order valence-electron chi connectivity index (χ0n) is 9.13. The number of aromatic amines is 1. The van der Waals surface area contributed by atoms with E-state index in [1.165, 1.54) is 0 Å². The number of nitrogens with one attached hydrogen (secondary N) is 2. The van der Waals surface area contributed by atoms with Crippen LogP contribution in [-0.2, 0) is 5.54 Å². The maximum Gasteiger partial charge on any atom is 0.127 e. The molecule has 0 saturated carbocycles. The predicted molar refractivity (Wildman–Crippen MR) is 59.8 cm³/mol. The Morgan fingerprint density at radius 1 is 1.40 bits per heavy atom.